The zero-order valence-corrected chi connectivity index (χ0v) is 20.4. The molecule has 0 spiro atoms. The number of ether oxygens (including phenoxy) is 3. The van der Waals surface area contributed by atoms with E-state index in [0.717, 1.165) is 22.2 Å². The summed E-state index contributed by atoms with van der Waals surface area (Å²) >= 11 is 0. The molecule has 0 amide bonds. The molecule has 5 rings (SSSR count). The van der Waals surface area contributed by atoms with Crippen molar-refractivity contribution >= 4 is 26.3 Å². The van der Waals surface area contributed by atoms with Crippen LogP contribution in [-0.2, 0) is 25.6 Å². The number of hydrogen-bond acceptors (Lipinski definition) is 8. The maximum Gasteiger partial charge on any atom is 0.151 e. The highest BCUT2D eigenvalue weighted by atomic mass is 32.2. The molecule has 3 heterocycles. The van der Waals surface area contributed by atoms with Crippen molar-refractivity contribution in [3.8, 4) is 11.8 Å². The smallest absolute Gasteiger partial charge is 0.151 e. The van der Waals surface area contributed by atoms with E-state index >= 15 is 0 Å². The lowest BCUT2D eigenvalue weighted by atomic mass is 10.0. The maximum atomic E-state index is 14.2. The van der Waals surface area contributed by atoms with Crippen molar-refractivity contribution < 1.29 is 22.8 Å². The third-order valence-corrected chi connectivity index (χ3v) is 6.81. The van der Waals surface area contributed by atoms with Crippen LogP contribution in [0.1, 0.15) is 16.8 Å². The molecule has 2 fully saturated rings. The summed E-state index contributed by atoms with van der Waals surface area (Å²) in [6, 6.07) is 10.3. The van der Waals surface area contributed by atoms with E-state index in [4.69, 9.17) is 14.2 Å². The first-order valence-corrected chi connectivity index (χ1v) is 13.5. The summed E-state index contributed by atoms with van der Waals surface area (Å²) < 4.78 is 48.3. The molecule has 0 bridgehead atoms. The van der Waals surface area contributed by atoms with Crippen LogP contribution in [0.4, 0.5) is 10.1 Å². The maximum absolute atomic E-state index is 14.2. The Morgan fingerprint density at radius 1 is 1.20 bits per heavy atom. The average molecular weight is 497 g/mol. The summed E-state index contributed by atoms with van der Waals surface area (Å²) in [5.41, 5.74) is 3.70. The standard InChI is InChI=1S/C25H25FN4O4S/c1-14-6-18(30-35(2,3)31)9-20-23(14)19(28-13-29-20)7-15-4-5-17(26)8-21(15)34-22-12-33-24-16(10-27)11-32-25(22)24/h4-6,8-9,13,16,22,24-25H,7,11-12H2,1-3H3/t16-,22-,24-,25-/m1/s1. The molecular formula is C25H25FN4O4S. The summed E-state index contributed by atoms with van der Waals surface area (Å²) in [4.78, 5) is 8.90. The fourth-order valence-electron chi connectivity index (χ4n) is 4.70. The molecule has 35 heavy (non-hydrogen) atoms. The van der Waals surface area contributed by atoms with Gasteiger partial charge >= 0.3 is 0 Å². The first-order valence-electron chi connectivity index (χ1n) is 11.2. The SMILES string of the molecule is Cc1cc(N=S(C)(C)=O)cc2ncnc(Cc3ccc(F)cc3O[C@@H]3CO[C@H]4[C@@H]3OC[C@H]4C#N)c12. The van der Waals surface area contributed by atoms with E-state index in [9.17, 15) is 13.9 Å². The van der Waals surface area contributed by atoms with Gasteiger partial charge in [0.05, 0.1) is 42.1 Å². The lowest BCUT2D eigenvalue weighted by Crippen LogP contribution is -2.33. The Morgan fingerprint density at radius 2 is 2.00 bits per heavy atom. The highest BCUT2D eigenvalue weighted by molar-refractivity contribution is 7.92. The molecule has 4 atom stereocenters. The van der Waals surface area contributed by atoms with Crippen LogP contribution < -0.4 is 4.74 Å². The number of rotatable bonds is 5. The van der Waals surface area contributed by atoms with E-state index < -0.39 is 21.7 Å². The van der Waals surface area contributed by atoms with Crippen molar-refractivity contribution in [3.05, 3.63) is 59.3 Å². The molecule has 2 saturated heterocycles. The Morgan fingerprint density at radius 3 is 2.77 bits per heavy atom. The van der Waals surface area contributed by atoms with E-state index in [1.165, 1.54) is 18.5 Å². The van der Waals surface area contributed by atoms with Gasteiger partial charge in [0.1, 0.15) is 30.1 Å². The summed E-state index contributed by atoms with van der Waals surface area (Å²) in [6.45, 7) is 2.50. The minimum atomic E-state index is -2.31. The number of aryl methyl sites for hydroxylation is 1. The summed E-state index contributed by atoms with van der Waals surface area (Å²) in [6.07, 6.45) is 3.89. The molecule has 8 nitrogen and oxygen atoms in total. The first-order chi connectivity index (χ1) is 16.7. The molecule has 3 aromatic rings. The van der Waals surface area contributed by atoms with E-state index in [-0.39, 0.29) is 24.7 Å². The normalized spacial score (nSPS) is 23.7. The Labute approximate surface area is 203 Å². The first kappa shape index (κ1) is 23.6. The van der Waals surface area contributed by atoms with Crippen LogP contribution >= 0.6 is 0 Å². The van der Waals surface area contributed by atoms with Gasteiger partial charge in [-0.1, -0.05) is 6.07 Å². The van der Waals surface area contributed by atoms with Gasteiger partial charge in [0.2, 0.25) is 0 Å². The van der Waals surface area contributed by atoms with Gasteiger partial charge in [0.25, 0.3) is 0 Å². The zero-order valence-electron chi connectivity index (χ0n) is 19.6. The molecule has 0 N–H and O–H groups in total. The van der Waals surface area contributed by atoms with Gasteiger partial charge in [-0.25, -0.2) is 18.6 Å². The number of nitriles is 1. The second-order valence-electron chi connectivity index (χ2n) is 9.17. The monoisotopic (exact) mass is 496 g/mol. The van der Waals surface area contributed by atoms with Gasteiger partial charge in [-0.3, -0.25) is 0 Å². The highest BCUT2D eigenvalue weighted by Crippen LogP contribution is 2.35. The minimum Gasteiger partial charge on any atom is -0.485 e. The van der Waals surface area contributed by atoms with Crippen molar-refractivity contribution in [3.63, 3.8) is 0 Å². The molecule has 1 aromatic heterocycles. The van der Waals surface area contributed by atoms with Crippen molar-refractivity contribution in [1.82, 2.24) is 9.97 Å². The van der Waals surface area contributed by atoms with Crippen molar-refractivity contribution in [1.29, 1.82) is 5.26 Å². The lowest BCUT2D eigenvalue weighted by molar-refractivity contribution is 0.0298. The second kappa shape index (κ2) is 9.15. The van der Waals surface area contributed by atoms with Crippen LogP contribution in [0.15, 0.2) is 41.0 Å². The Bertz CT molecular complexity index is 1460. The molecule has 0 aliphatic carbocycles. The van der Waals surface area contributed by atoms with Crippen LogP contribution in [0, 0.1) is 30.0 Å². The van der Waals surface area contributed by atoms with E-state index in [1.807, 2.05) is 13.0 Å². The van der Waals surface area contributed by atoms with Gasteiger partial charge in [-0.2, -0.15) is 9.62 Å². The topological polar surface area (TPSA) is 107 Å². The largest absolute Gasteiger partial charge is 0.485 e. The zero-order chi connectivity index (χ0) is 24.7. The summed E-state index contributed by atoms with van der Waals surface area (Å²) in [5.74, 6) is -0.364. The van der Waals surface area contributed by atoms with E-state index in [2.05, 4.69) is 20.4 Å². The fraction of sp³-hybridized carbons (Fsp3) is 0.400. The second-order valence-corrected chi connectivity index (χ2v) is 11.7. The van der Waals surface area contributed by atoms with Crippen LogP contribution in [-0.4, -0.2) is 58.2 Å². The van der Waals surface area contributed by atoms with Crippen molar-refractivity contribution in [2.24, 2.45) is 10.3 Å². The van der Waals surface area contributed by atoms with Crippen molar-refractivity contribution in [2.45, 2.75) is 31.7 Å². The summed E-state index contributed by atoms with van der Waals surface area (Å²) in [5, 5.41) is 10.1. The molecule has 182 valence electrons. The van der Waals surface area contributed by atoms with Crippen LogP contribution in [0.25, 0.3) is 10.9 Å². The lowest BCUT2D eigenvalue weighted by Gasteiger charge is -2.20. The molecule has 2 aliphatic rings. The molecule has 2 aromatic carbocycles. The van der Waals surface area contributed by atoms with Gasteiger partial charge in [-0.05, 0) is 30.7 Å². The van der Waals surface area contributed by atoms with Crippen molar-refractivity contribution in [2.75, 3.05) is 25.7 Å². The molecule has 0 unspecified atom stereocenters. The quantitative estimate of drug-likeness (QED) is 0.530. The third kappa shape index (κ3) is 4.85. The Hall–Kier alpha value is -3.13. The van der Waals surface area contributed by atoms with E-state index in [0.29, 0.717) is 30.0 Å². The molecule has 0 radical (unpaired) electrons. The van der Waals surface area contributed by atoms with Gasteiger partial charge in [0.15, 0.2) is 6.10 Å². The third-order valence-electron chi connectivity index (χ3n) is 6.16. The minimum absolute atomic E-state index is 0.267. The number of halogens is 1. The van der Waals surface area contributed by atoms with Gasteiger partial charge in [-0.15, -0.1) is 0 Å². The Kier molecular flexibility index (Phi) is 6.17. The van der Waals surface area contributed by atoms with E-state index in [1.54, 1.807) is 24.6 Å². The predicted octanol–water partition coefficient (Wildman–Crippen LogP) is 3.71. The predicted molar refractivity (Wildman–Crippen MR) is 129 cm³/mol. The number of benzene rings is 2. The van der Waals surface area contributed by atoms with Gasteiger partial charge < -0.3 is 14.2 Å². The van der Waals surface area contributed by atoms with Crippen LogP contribution in [0.3, 0.4) is 0 Å². The molecular weight excluding hydrogens is 471 g/mol. The molecule has 0 saturated carbocycles. The van der Waals surface area contributed by atoms with Gasteiger partial charge in [0, 0.05) is 45.7 Å². The number of aromatic nitrogens is 2. The fourth-order valence-corrected chi connectivity index (χ4v) is 5.31. The van der Waals surface area contributed by atoms with Crippen LogP contribution in [0.5, 0.6) is 5.75 Å². The molecule has 10 heteroatoms. The van der Waals surface area contributed by atoms with Crippen LogP contribution in [0.2, 0.25) is 0 Å². The number of fused-ring (bicyclic) bond motifs is 2. The highest BCUT2D eigenvalue weighted by Gasteiger charge is 2.49. The number of hydrogen-bond donors (Lipinski definition) is 0. The number of nitrogens with zero attached hydrogens (tertiary/aromatic N) is 4. The Balaban J connectivity index is 1.47. The summed E-state index contributed by atoms with van der Waals surface area (Å²) in [7, 11) is -2.31. The average Bonchev–Trinajstić information content (AvgIpc) is 3.37. The molecule has 2 aliphatic heterocycles.